The molecule has 0 aliphatic heterocycles. The van der Waals surface area contributed by atoms with Gasteiger partial charge in [-0.1, -0.05) is 39.2 Å². The molecule has 106 valence electrons. The van der Waals surface area contributed by atoms with Crippen molar-refractivity contribution in [3.05, 3.63) is 18.2 Å². The Hall–Kier alpha value is -1.20. The van der Waals surface area contributed by atoms with Gasteiger partial charge in [-0.3, -0.25) is 0 Å². The molecule has 0 aliphatic carbocycles. The molecule has 1 atom stereocenters. The van der Waals surface area contributed by atoms with Gasteiger partial charge in [-0.05, 0) is 18.4 Å². The van der Waals surface area contributed by atoms with E-state index >= 15 is 0 Å². The molecule has 3 N–H and O–H groups in total. The minimum absolute atomic E-state index is 0.0883. The number of unbranched alkanes of at least 4 members (excludes halogenated alkanes) is 1. The number of aromatic hydroxyl groups is 1. The molecular formula is C14H23BO4. The molecule has 5 heteroatoms. The molecule has 0 bridgehead atoms. The van der Waals surface area contributed by atoms with Gasteiger partial charge in [0.05, 0.1) is 6.61 Å². The first kappa shape index (κ1) is 15.9. The van der Waals surface area contributed by atoms with Crippen molar-refractivity contribution in [2.24, 2.45) is 5.92 Å². The van der Waals surface area contributed by atoms with Crippen molar-refractivity contribution < 1.29 is 19.9 Å². The Balaban J connectivity index is 2.55. The predicted molar refractivity (Wildman–Crippen MR) is 76.7 cm³/mol. The lowest BCUT2D eigenvalue weighted by Gasteiger charge is -2.16. The summed E-state index contributed by atoms with van der Waals surface area (Å²) in [6, 6.07) is 4.52. The molecule has 0 saturated heterocycles. The van der Waals surface area contributed by atoms with Crippen LogP contribution in [0.25, 0.3) is 0 Å². The van der Waals surface area contributed by atoms with Gasteiger partial charge in [0.1, 0.15) is 11.5 Å². The van der Waals surface area contributed by atoms with Gasteiger partial charge in [0.15, 0.2) is 0 Å². The van der Waals surface area contributed by atoms with Gasteiger partial charge in [-0.25, -0.2) is 0 Å². The van der Waals surface area contributed by atoms with Gasteiger partial charge in [-0.2, -0.15) is 0 Å². The number of hydrogen-bond acceptors (Lipinski definition) is 4. The van der Waals surface area contributed by atoms with Gasteiger partial charge in [-0.15, -0.1) is 0 Å². The molecule has 19 heavy (non-hydrogen) atoms. The highest BCUT2D eigenvalue weighted by atomic mass is 16.5. The van der Waals surface area contributed by atoms with Crippen LogP contribution < -0.4 is 10.2 Å². The van der Waals surface area contributed by atoms with Crippen LogP contribution in [0.15, 0.2) is 18.2 Å². The Morgan fingerprint density at radius 1 is 1.26 bits per heavy atom. The van der Waals surface area contributed by atoms with Crippen molar-refractivity contribution in [2.75, 3.05) is 6.61 Å². The first-order chi connectivity index (χ1) is 9.08. The minimum atomic E-state index is -1.66. The van der Waals surface area contributed by atoms with E-state index in [1.54, 1.807) is 6.07 Å². The third kappa shape index (κ3) is 5.13. The summed E-state index contributed by atoms with van der Waals surface area (Å²) < 4.78 is 5.65. The average Bonchev–Trinajstić information content (AvgIpc) is 2.38. The lowest BCUT2D eigenvalue weighted by molar-refractivity contribution is 0.232. The number of ether oxygens (including phenoxy) is 1. The van der Waals surface area contributed by atoms with E-state index < -0.39 is 7.12 Å². The van der Waals surface area contributed by atoms with Crippen LogP contribution in [0.4, 0.5) is 0 Å². The second-order valence-electron chi connectivity index (χ2n) is 4.82. The maximum Gasteiger partial charge on any atom is 0.492 e. The summed E-state index contributed by atoms with van der Waals surface area (Å²) >= 11 is 0. The van der Waals surface area contributed by atoms with Crippen LogP contribution in [0.5, 0.6) is 11.5 Å². The summed E-state index contributed by atoms with van der Waals surface area (Å²) in [6.07, 6.45) is 4.59. The summed E-state index contributed by atoms with van der Waals surface area (Å²) in [7, 11) is -1.66. The number of phenolic OH excluding ortho intramolecular Hbond substituents is 1. The Kier molecular flexibility index (Phi) is 6.74. The topological polar surface area (TPSA) is 69.9 Å². The second kappa shape index (κ2) is 8.07. The minimum Gasteiger partial charge on any atom is -0.508 e. The van der Waals surface area contributed by atoms with E-state index in [1.807, 2.05) is 0 Å². The second-order valence-corrected chi connectivity index (χ2v) is 4.82. The SMILES string of the molecule is CCCCC(CC)COc1ccc(B(O)O)c(O)c1. The Morgan fingerprint density at radius 2 is 2.00 bits per heavy atom. The van der Waals surface area contributed by atoms with Gasteiger partial charge in [0.25, 0.3) is 0 Å². The summed E-state index contributed by atoms with van der Waals surface area (Å²) in [5.74, 6) is 0.913. The predicted octanol–water partition coefficient (Wildman–Crippen LogP) is 1.67. The molecule has 0 fully saturated rings. The molecule has 1 unspecified atom stereocenters. The zero-order valence-corrected chi connectivity index (χ0v) is 11.7. The molecule has 4 nitrogen and oxygen atoms in total. The van der Waals surface area contributed by atoms with E-state index in [4.69, 9.17) is 14.8 Å². The lowest BCUT2D eigenvalue weighted by atomic mass is 9.79. The third-order valence-corrected chi connectivity index (χ3v) is 3.31. The molecular weight excluding hydrogens is 243 g/mol. The Bertz CT molecular complexity index is 382. The highest BCUT2D eigenvalue weighted by molar-refractivity contribution is 6.59. The van der Waals surface area contributed by atoms with Crippen LogP contribution in [0.1, 0.15) is 39.5 Å². The van der Waals surface area contributed by atoms with Crippen molar-refractivity contribution in [3.8, 4) is 11.5 Å². The first-order valence-electron chi connectivity index (χ1n) is 6.90. The molecule has 0 spiro atoms. The van der Waals surface area contributed by atoms with E-state index in [0.717, 1.165) is 12.8 Å². The standard InChI is InChI=1S/C14H23BO4/c1-3-5-6-11(4-2)10-19-12-7-8-13(15(17)18)14(16)9-12/h7-9,11,16-18H,3-6,10H2,1-2H3. The molecule has 0 radical (unpaired) electrons. The fraction of sp³-hybridized carbons (Fsp3) is 0.571. The maximum atomic E-state index is 9.63. The van der Waals surface area contributed by atoms with Crippen molar-refractivity contribution in [1.82, 2.24) is 0 Å². The summed E-state index contributed by atoms with van der Waals surface area (Å²) in [5, 5.41) is 27.6. The summed E-state index contributed by atoms with van der Waals surface area (Å²) in [4.78, 5) is 0. The smallest absolute Gasteiger partial charge is 0.492 e. The van der Waals surface area contributed by atoms with Crippen LogP contribution in [0.2, 0.25) is 0 Å². The first-order valence-corrected chi connectivity index (χ1v) is 6.90. The monoisotopic (exact) mass is 266 g/mol. The fourth-order valence-electron chi connectivity index (χ4n) is 1.94. The highest BCUT2D eigenvalue weighted by Gasteiger charge is 2.16. The van der Waals surface area contributed by atoms with Gasteiger partial charge in [0.2, 0.25) is 0 Å². The molecule has 0 amide bonds. The van der Waals surface area contributed by atoms with Crippen LogP contribution in [-0.4, -0.2) is 28.9 Å². The maximum absolute atomic E-state index is 9.63. The fourth-order valence-corrected chi connectivity index (χ4v) is 1.94. The quantitative estimate of drug-likeness (QED) is 0.626. The number of hydrogen-bond donors (Lipinski definition) is 3. The van der Waals surface area contributed by atoms with Gasteiger partial charge in [0, 0.05) is 11.5 Å². The average molecular weight is 266 g/mol. The largest absolute Gasteiger partial charge is 0.508 e. The molecule has 1 rings (SSSR count). The van der Waals surface area contributed by atoms with Crippen molar-refractivity contribution in [2.45, 2.75) is 39.5 Å². The summed E-state index contributed by atoms with van der Waals surface area (Å²) in [6.45, 7) is 4.94. The van der Waals surface area contributed by atoms with Crippen LogP contribution in [0.3, 0.4) is 0 Å². The van der Waals surface area contributed by atoms with E-state index in [1.165, 1.54) is 25.0 Å². The highest BCUT2D eigenvalue weighted by Crippen LogP contribution is 2.19. The van der Waals surface area contributed by atoms with E-state index in [0.29, 0.717) is 18.3 Å². The molecule has 1 aromatic rings. The summed E-state index contributed by atoms with van der Waals surface area (Å²) in [5.41, 5.74) is 0.0883. The van der Waals surface area contributed by atoms with E-state index in [-0.39, 0.29) is 11.2 Å². The Morgan fingerprint density at radius 3 is 2.53 bits per heavy atom. The van der Waals surface area contributed by atoms with E-state index in [2.05, 4.69) is 13.8 Å². The number of phenols is 1. The van der Waals surface area contributed by atoms with Crippen molar-refractivity contribution in [3.63, 3.8) is 0 Å². The molecule has 0 aliphatic rings. The van der Waals surface area contributed by atoms with Crippen LogP contribution in [-0.2, 0) is 0 Å². The van der Waals surface area contributed by atoms with Crippen molar-refractivity contribution >= 4 is 12.6 Å². The molecule has 0 saturated carbocycles. The molecule has 1 aromatic carbocycles. The molecule has 0 heterocycles. The normalized spacial score (nSPS) is 12.2. The molecule has 0 aromatic heterocycles. The lowest BCUT2D eigenvalue weighted by Crippen LogP contribution is -2.29. The number of benzene rings is 1. The van der Waals surface area contributed by atoms with Crippen LogP contribution >= 0.6 is 0 Å². The van der Waals surface area contributed by atoms with Gasteiger partial charge >= 0.3 is 7.12 Å². The number of rotatable bonds is 8. The van der Waals surface area contributed by atoms with Gasteiger partial charge < -0.3 is 19.9 Å². The Labute approximate surface area is 115 Å². The van der Waals surface area contributed by atoms with E-state index in [9.17, 15) is 5.11 Å². The third-order valence-electron chi connectivity index (χ3n) is 3.31. The zero-order valence-electron chi connectivity index (χ0n) is 11.7. The zero-order chi connectivity index (χ0) is 14.3. The van der Waals surface area contributed by atoms with Crippen molar-refractivity contribution in [1.29, 1.82) is 0 Å². The van der Waals surface area contributed by atoms with Crippen LogP contribution in [0, 0.1) is 5.92 Å².